The molecule has 15 heavy (non-hydrogen) atoms. The van der Waals surface area contributed by atoms with Gasteiger partial charge in [0.1, 0.15) is 5.75 Å². The zero-order valence-electron chi connectivity index (χ0n) is 9.76. The predicted molar refractivity (Wildman–Crippen MR) is 64.3 cm³/mol. The van der Waals surface area contributed by atoms with Gasteiger partial charge in [0.05, 0.1) is 7.11 Å². The second-order valence-electron chi connectivity index (χ2n) is 4.28. The zero-order chi connectivity index (χ0) is 10.8. The monoisotopic (exact) mass is 202 g/mol. The molecule has 0 atom stereocenters. The van der Waals surface area contributed by atoms with Crippen LogP contribution in [-0.4, -0.2) is 7.11 Å². The molecule has 1 aliphatic rings. The van der Waals surface area contributed by atoms with Gasteiger partial charge < -0.3 is 4.74 Å². The van der Waals surface area contributed by atoms with E-state index in [-0.39, 0.29) is 0 Å². The Kier molecular flexibility index (Phi) is 2.81. The largest absolute Gasteiger partial charge is 0.496 e. The van der Waals surface area contributed by atoms with Crippen molar-refractivity contribution in [2.75, 3.05) is 7.11 Å². The summed E-state index contributed by atoms with van der Waals surface area (Å²) in [4.78, 5) is 0. The Labute approximate surface area is 91.8 Å². The lowest BCUT2D eigenvalue weighted by Gasteiger charge is -2.13. The molecule has 0 N–H and O–H groups in total. The van der Waals surface area contributed by atoms with Crippen LogP contribution >= 0.6 is 0 Å². The van der Waals surface area contributed by atoms with Crippen LogP contribution in [0.25, 0.3) is 5.57 Å². The molecule has 0 unspecified atom stereocenters. The van der Waals surface area contributed by atoms with Gasteiger partial charge in [-0.1, -0.05) is 12.1 Å². The number of rotatable bonds is 2. The predicted octanol–water partition coefficient (Wildman–Crippen LogP) is 3.88. The summed E-state index contributed by atoms with van der Waals surface area (Å²) < 4.78 is 5.48. The van der Waals surface area contributed by atoms with Crippen molar-refractivity contribution in [1.82, 2.24) is 0 Å². The van der Waals surface area contributed by atoms with Crippen LogP contribution in [0.1, 0.15) is 36.0 Å². The summed E-state index contributed by atoms with van der Waals surface area (Å²) in [6.07, 6.45) is 6.04. The van der Waals surface area contributed by atoms with E-state index in [1.165, 1.54) is 41.5 Å². The number of aryl methyl sites for hydroxylation is 2. The quantitative estimate of drug-likeness (QED) is 0.707. The Bertz CT molecular complexity index is 402. The third-order valence-corrected chi connectivity index (χ3v) is 3.03. The third-order valence-electron chi connectivity index (χ3n) is 3.03. The molecule has 0 radical (unpaired) electrons. The van der Waals surface area contributed by atoms with Crippen LogP contribution < -0.4 is 4.74 Å². The highest BCUT2D eigenvalue weighted by molar-refractivity contribution is 5.74. The number of allylic oxidation sites excluding steroid dienone is 2. The van der Waals surface area contributed by atoms with Crippen LogP contribution in [0.2, 0.25) is 0 Å². The zero-order valence-corrected chi connectivity index (χ0v) is 9.76. The smallest absolute Gasteiger partial charge is 0.126 e. The van der Waals surface area contributed by atoms with Crippen LogP contribution in [-0.2, 0) is 0 Å². The summed E-state index contributed by atoms with van der Waals surface area (Å²) in [5.41, 5.74) is 5.39. The molecule has 0 saturated heterocycles. The van der Waals surface area contributed by atoms with Crippen molar-refractivity contribution in [3.8, 4) is 5.75 Å². The molecule has 80 valence electrons. The van der Waals surface area contributed by atoms with E-state index in [0.29, 0.717) is 0 Å². The molecule has 0 spiro atoms. The second-order valence-corrected chi connectivity index (χ2v) is 4.28. The molecular weight excluding hydrogens is 184 g/mol. The molecule has 1 aromatic carbocycles. The maximum absolute atomic E-state index is 5.48. The summed E-state index contributed by atoms with van der Waals surface area (Å²) in [5.74, 6) is 1.03. The first-order valence-electron chi connectivity index (χ1n) is 5.57. The molecule has 0 heterocycles. The minimum Gasteiger partial charge on any atom is -0.496 e. The summed E-state index contributed by atoms with van der Waals surface area (Å²) in [6, 6.07) is 4.36. The lowest BCUT2D eigenvalue weighted by molar-refractivity contribution is 0.412. The van der Waals surface area contributed by atoms with Gasteiger partial charge in [0.2, 0.25) is 0 Å². The average molecular weight is 202 g/mol. The molecule has 0 saturated carbocycles. The highest BCUT2D eigenvalue weighted by Crippen LogP contribution is 2.36. The first kappa shape index (κ1) is 10.3. The number of hydrogen-bond acceptors (Lipinski definition) is 1. The number of hydrogen-bond donors (Lipinski definition) is 0. The number of methoxy groups -OCH3 is 1. The van der Waals surface area contributed by atoms with Crippen LogP contribution in [0.15, 0.2) is 18.2 Å². The van der Waals surface area contributed by atoms with E-state index < -0.39 is 0 Å². The molecule has 0 amide bonds. The fraction of sp³-hybridized carbons (Fsp3) is 0.429. The summed E-state index contributed by atoms with van der Waals surface area (Å²) in [6.45, 7) is 4.28. The summed E-state index contributed by atoms with van der Waals surface area (Å²) in [5, 5.41) is 0. The van der Waals surface area contributed by atoms with Gasteiger partial charge in [-0.3, -0.25) is 0 Å². The van der Waals surface area contributed by atoms with Gasteiger partial charge in [0.15, 0.2) is 0 Å². The van der Waals surface area contributed by atoms with E-state index in [1.807, 2.05) is 0 Å². The first-order chi connectivity index (χ1) is 7.22. The number of ether oxygens (including phenoxy) is 1. The summed E-state index contributed by atoms with van der Waals surface area (Å²) in [7, 11) is 1.76. The van der Waals surface area contributed by atoms with Crippen molar-refractivity contribution in [2.45, 2.75) is 33.1 Å². The Balaban J connectivity index is 2.53. The van der Waals surface area contributed by atoms with Crippen molar-refractivity contribution in [3.05, 3.63) is 34.9 Å². The molecule has 1 nitrogen and oxygen atoms in total. The van der Waals surface area contributed by atoms with Gasteiger partial charge in [-0.15, -0.1) is 0 Å². The molecule has 1 aromatic rings. The Morgan fingerprint density at radius 2 is 2.00 bits per heavy atom. The molecular formula is C14H18O. The highest BCUT2D eigenvalue weighted by Gasteiger charge is 2.14. The molecule has 0 aliphatic heterocycles. The topological polar surface area (TPSA) is 9.23 Å². The van der Waals surface area contributed by atoms with Gasteiger partial charge in [-0.25, -0.2) is 0 Å². The average Bonchev–Trinajstić information content (AvgIpc) is 2.69. The first-order valence-corrected chi connectivity index (χ1v) is 5.57. The van der Waals surface area contributed by atoms with E-state index in [9.17, 15) is 0 Å². The maximum Gasteiger partial charge on any atom is 0.126 e. The maximum atomic E-state index is 5.48. The molecule has 1 heteroatoms. The standard InChI is InChI=1S/C14H18O/c1-10-8-11(2)14(13(9-10)15-3)12-6-4-5-7-12/h6,8-9H,4-5,7H2,1-3H3. The minimum atomic E-state index is 1.03. The van der Waals surface area contributed by atoms with Crippen LogP contribution in [0.5, 0.6) is 5.75 Å². The third kappa shape index (κ3) is 1.92. The lowest BCUT2D eigenvalue weighted by atomic mass is 9.97. The van der Waals surface area contributed by atoms with E-state index in [1.54, 1.807) is 7.11 Å². The molecule has 0 fully saturated rings. The van der Waals surface area contributed by atoms with Crippen molar-refractivity contribution in [1.29, 1.82) is 0 Å². The van der Waals surface area contributed by atoms with Gasteiger partial charge in [0.25, 0.3) is 0 Å². The molecule has 0 aromatic heterocycles. The minimum absolute atomic E-state index is 1.03. The highest BCUT2D eigenvalue weighted by atomic mass is 16.5. The van der Waals surface area contributed by atoms with E-state index in [2.05, 4.69) is 32.1 Å². The molecule has 0 bridgehead atoms. The van der Waals surface area contributed by atoms with Gasteiger partial charge in [0, 0.05) is 5.56 Å². The van der Waals surface area contributed by atoms with Crippen molar-refractivity contribution in [2.24, 2.45) is 0 Å². The summed E-state index contributed by atoms with van der Waals surface area (Å²) >= 11 is 0. The van der Waals surface area contributed by atoms with E-state index in [0.717, 1.165) is 5.75 Å². The molecule has 2 rings (SSSR count). The van der Waals surface area contributed by atoms with Gasteiger partial charge in [-0.2, -0.15) is 0 Å². The van der Waals surface area contributed by atoms with Crippen LogP contribution in [0.4, 0.5) is 0 Å². The van der Waals surface area contributed by atoms with Crippen molar-refractivity contribution >= 4 is 5.57 Å². The Hall–Kier alpha value is -1.24. The lowest BCUT2D eigenvalue weighted by Crippen LogP contribution is -1.95. The molecule has 1 aliphatic carbocycles. The van der Waals surface area contributed by atoms with Gasteiger partial charge >= 0.3 is 0 Å². The van der Waals surface area contributed by atoms with Crippen LogP contribution in [0, 0.1) is 13.8 Å². The van der Waals surface area contributed by atoms with Gasteiger partial charge in [-0.05, 0) is 55.9 Å². The van der Waals surface area contributed by atoms with Crippen molar-refractivity contribution in [3.63, 3.8) is 0 Å². The Morgan fingerprint density at radius 1 is 1.20 bits per heavy atom. The van der Waals surface area contributed by atoms with Crippen LogP contribution in [0.3, 0.4) is 0 Å². The second kappa shape index (κ2) is 4.09. The SMILES string of the molecule is COc1cc(C)cc(C)c1C1=CCCC1. The fourth-order valence-corrected chi connectivity index (χ4v) is 2.40. The fourth-order valence-electron chi connectivity index (χ4n) is 2.40. The number of benzene rings is 1. The van der Waals surface area contributed by atoms with E-state index in [4.69, 9.17) is 4.74 Å². The Morgan fingerprint density at radius 3 is 2.60 bits per heavy atom. The van der Waals surface area contributed by atoms with Crippen molar-refractivity contribution < 1.29 is 4.74 Å². The van der Waals surface area contributed by atoms with E-state index >= 15 is 0 Å². The normalized spacial score (nSPS) is 15.3.